The van der Waals surface area contributed by atoms with E-state index >= 15 is 0 Å². The number of amides is 1. The Labute approximate surface area is 182 Å². The molecule has 1 unspecified atom stereocenters. The van der Waals surface area contributed by atoms with Crippen molar-refractivity contribution in [3.63, 3.8) is 0 Å². The van der Waals surface area contributed by atoms with Gasteiger partial charge in [-0.1, -0.05) is 79.7 Å². The molecule has 5 heteroatoms. The van der Waals surface area contributed by atoms with Gasteiger partial charge in [0, 0.05) is 18.3 Å². The highest BCUT2D eigenvalue weighted by atomic mass is 16.2. The maximum Gasteiger partial charge on any atom is 0.255 e. The van der Waals surface area contributed by atoms with Gasteiger partial charge in [0.15, 0.2) is 0 Å². The first kappa shape index (κ1) is 19.5. The lowest BCUT2D eigenvalue weighted by Crippen LogP contribution is -2.46. The Balaban J connectivity index is 1.52. The lowest BCUT2D eigenvalue weighted by Gasteiger charge is -2.37. The summed E-state index contributed by atoms with van der Waals surface area (Å²) in [6.45, 7) is 5.46. The van der Waals surface area contributed by atoms with Gasteiger partial charge in [-0.3, -0.25) is 9.48 Å². The lowest BCUT2D eigenvalue weighted by atomic mass is 9.92. The van der Waals surface area contributed by atoms with Crippen LogP contribution in [0.25, 0.3) is 10.8 Å². The molecule has 1 aliphatic rings. The molecule has 1 aliphatic heterocycles. The molecule has 0 spiro atoms. The van der Waals surface area contributed by atoms with Crippen molar-refractivity contribution < 1.29 is 4.79 Å². The highest BCUT2D eigenvalue weighted by molar-refractivity contribution is 6.07. The Morgan fingerprint density at radius 1 is 1.00 bits per heavy atom. The van der Waals surface area contributed by atoms with E-state index in [4.69, 9.17) is 0 Å². The molecule has 3 aromatic carbocycles. The summed E-state index contributed by atoms with van der Waals surface area (Å²) in [5.41, 5.74) is 4.25. The molecule has 5 rings (SSSR count). The molecule has 1 atom stereocenters. The quantitative estimate of drug-likeness (QED) is 0.485. The van der Waals surface area contributed by atoms with Gasteiger partial charge in [0.05, 0.1) is 18.3 Å². The molecule has 0 saturated carbocycles. The van der Waals surface area contributed by atoms with Crippen LogP contribution in [0.2, 0.25) is 0 Å². The zero-order valence-corrected chi connectivity index (χ0v) is 17.9. The van der Waals surface area contributed by atoms with Crippen molar-refractivity contribution >= 4 is 16.7 Å². The Bertz CT molecular complexity index is 1240. The fraction of sp³-hybridized carbons (Fsp3) is 0.269. The normalized spacial score (nSPS) is 16.0. The van der Waals surface area contributed by atoms with Gasteiger partial charge in [-0.2, -0.15) is 0 Å². The maximum atomic E-state index is 13.8. The smallest absolute Gasteiger partial charge is 0.255 e. The number of nitrogens with zero attached hydrogens (tertiary/aromatic N) is 4. The van der Waals surface area contributed by atoms with Crippen molar-refractivity contribution in [2.45, 2.75) is 45.3 Å². The van der Waals surface area contributed by atoms with Crippen molar-refractivity contribution in [1.29, 1.82) is 0 Å². The van der Waals surface area contributed by atoms with E-state index in [1.165, 1.54) is 11.1 Å². The van der Waals surface area contributed by atoms with Gasteiger partial charge in [0.1, 0.15) is 0 Å². The number of carbonyl (C=O) groups excluding carboxylic acids is 1. The van der Waals surface area contributed by atoms with Crippen LogP contribution in [0, 0.1) is 0 Å². The summed E-state index contributed by atoms with van der Waals surface area (Å²) in [7, 11) is 0. The highest BCUT2D eigenvalue weighted by Gasteiger charge is 2.31. The average Bonchev–Trinajstić information content (AvgIpc) is 3.27. The van der Waals surface area contributed by atoms with E-state index < -0.39 is 0 Å². The number of hydrogen-bond acceptors (Lipinski definition) is 3. The van der Waals surface area contributed by atoms with Gasteiger partial charge < -0.3 is 4.90 Å². The van der Waals surface area contributed by atoms with Gasteiger partial charge in [-0.25, -0.2) is 0 Å². The van der Waals surface area contributed by atoms with Gasteiger partial charge in [0.2, 0.25) is 0 Å². The molecular weight excluding hydrogens is 384 g/mol. The molecule has 0 bridgehead atoms. The van der Waals surface area contributed by atoms with Crippen LogP contribution in [0.4, 0.5) is 0 Å². The molecule has 31 heavy (non-hydrogen) atoms. The largest absolute Gasteiger partial charge is 0.329 e. The predicted octanol–water partition coefficient (Wildman–Crippen LogP) is 4.82. The number of rotatable bonds is 4. The van der Waals surface area contributed by atoms with Crippen LogP contribution in [0.5, 0.6) is 0 Å². The van der Waals surface area contributed by atoms with Crippen LogP contribution in [-0.4, -0.2) is 31.8 Å². The number of fused-ring (bicyclic) bond motifs is 2. The third kappa shape index (κ3) is 3.72. The minimum absolute atomic E-state index is 0.0167. The standard InChI is InChI=1S/C26H26N4O/c1-18(2)25-17-29(28-27-25)16-22-14-20-9-3-4-10-21(20)15-30(22)26(31)24-13-7-11-19-8-5-6-12-23(19)24/h3-13,17-18,22H,14-16H2,1-2H3. The van der Waals surface area contributed by atoms with Crippen LogP contribution >= 0.6 is 0 Å². The van der Waals surface area contributed by atoms with E-state index in [1.54, 1.807) is 0 Å². The van der Waals surface area contributed by atoms with Crippen LogP contribution in [-0.2, 0) is 19.5 Å². The summed E-state index contributed by atoms with van der Waals surface area (Å²) < 4.78 is 1.89. The summed E-state index contributed by atoms with van der Waals surface area (Å²) in [6.07, 6.45) is 2.81. The first-order valence-electron chi connectivity index (χ1n) is 10.9. The molecule has 2 heterocycles. The topological polar surface area (TPSA) is 51.0 Å². The SMILES string of the molecule is CC(C)c1cn(CC2Cc3ccccc3CN2C(=O)c2cccc3ccccc23)nn1. The third-order valence-electron chi connectivity index (χ3n) is 6.18. The molecule has 156 valence electrons. The van der Waals surface area contributed by atoms with Gasteiger partial charge in [0.25, 0.3) is 5.91 Å². The lowest BCUT2D eigenvalue weighted by molar-refractivity contribution is 0.0615. The van der Waals surface area contributed by atoms with Crippen molar-refractivity contribution in [1.82, 2.24) is 19.9 Å². The number of hydrogen-bond donors (Lipinski definition) is 0. The van der Waals surface area contributed by atoms with Crippen LogP contribution in [0.1, 0.15) is 46.9 Å². The van der Waals surface area contributed by atoms with Crippen molar-refractivity contribution in [2.24, 2.45) is 0 Å². The number of carbonyl (C=O) groups is 1. The first-order chi connectivity index (χ1) is 15.1. The molecule has 1 amide bonds. The van der Waals surface area contributed by atoms with Crippen LogP contribution in [0.15, 0.2) is 72.9 Å². The maximum absolute atomic E-state index is 13.8. The monoisotopic (exact) mass is 410 g/mol. The molecular formula is C26H26N4O. The Kier molecular flexibility index (Phi) is 5.02. The van der Waals surface area contributed by atoms with Crippen molar-refractivity contribution in [3.8, 4) is 0 Å². The average molecular weight is 411 g/mol. The Morgan fingerprint density at radius 2 is 1.74 bits per heavy atom. The van der Waals surface area contributed by atoms with E-state index in [-0.39, 0.29) is 11.9 Å². The highest BCUT2D eigenvalue weighted by Crippen LogP contribution is 2.28. The Morgan fingerprint density at radius 3 is 2.55 bits per heavy atom. The molecule has 1 aromatic heterocycles. The van der Waals surface area contributed by atoms with Crippen LogP contribution in [0.3, 0.4) is 0 Å². The summed E-state index contributed by atoms with van der Waals surface area (Å²) in [4.78, 5) is 15.8. The number of benzene rings is 3. The summed E-state index contributed by atoms with van der Waals surface area (Å²) >= 11 is 0. The van der Waals surface area contributed by atoms with E-state index in [9.17, 15) is 4.79 Å². The third-order valence-corrected chi connectivity index (χ3v) is 6.18. The number of aromatic nitrogens is 3. The van der Waals surface area contributed by atoms with Crippen molar-refractivity contribution in [2.75, 3.05) is 0 Å². The second-order valence-electron chi connectivity index (χ2n) is 8.61. The fourth-order valence-corrected chi connectivity index (χ4v) is 4.44. The van der Waals surface area contributed by atoms with E-state index in [0.29, 0.717) is 19.0 Å². The second kappa shape index (κ2) is 7.99. The molecule has 0 radical (unpaired) electrons. The second-order valence-corrected chi connectivity index (χ2v) is 8.61. The van der Waals surface area contributed by atoms with Gasteiger partial charge in [-0.15, -0.1) is 5.10 Å². The molecule has 5 nitrogen and oxygen atoms in total. The van der Waals surface area contributed by atoms with Gasteiger partial charge >= 0.3 is 0 Å². The van der Waals surface area contributed by atoms with Crippen LogP contribution < -0.4 is 0 Å². The van der Waals surface area contributed by atoms with Crippen molar-refractivity contribution in [3.05, 3.63) is 95.3 Å². The van der Waals surface area contributed by atoms with E-state index in [1.807, 2.05) is 52.2 Å². The van der Waals surface area contributed by atoms with E-state index in [0.717, 1.165) is 28.5 Å². The van der Waals surface area contributed by atoms with E-state index in [2.05, 4.69) is 54.5 Å². The summed E-state index contributed by atoms with van der Waals surface area (Å²) in [5, 5.41) is 10.7. The minimum atomic E-state index is 0.0167. The zero-order valence-electron chi connectivity index (χ0n) is 17.9. The Hall–Kier alpha value is -3.47. The minimum Gasteiger partial charge on any atom is -0.329 e. The molecule has 0 N–H and O–H groups in total. The fourth-order valence-electron chi connectivity index (χ4n) is 4.44. The molecule has 0 aliphatic carbocycles. The van der Waals surface area contributed by atoms with Gasteiger partial charge in [-0.05, 0) is 40.3 Å². The molecule has 0 fully saturated rings. The molecule has 4 aromatic rings. The molecule has 0 saturated heterocycles. The predicted molar refractivity (Wildman–Crippen MR) is 122 cm³/mol. The zero-order chi connectivity index (χ0) is 21.4. The first-order valence-corrected chi connectivity index (χ1v) is 10.9. The summed E-state index contributed by atoms with van der Waals surface area (Å²) in [5.74, 6) is 0.398. The summed E-state index contributed by atoms with van der Waals surface area (Å²) in [6, 6.07) is 22.5.